The van der Waals surface area contributed by atoms with E-state index in [0.717, 1.165) is 13.1 Å². The minimum atomic E-state index is 1.16. The van der Waals surface area contributed by atoms with Crippen LogP contribution < -0.4 is 5.32 Å². The van der Waals surface area contributed by atoms with E-state index in [2.05, 4.69) is 17.5 Å². The van der Waals surface area contributed by atoms with Crippen LogP contribution in [-0.4, -0.2) is 13.1 Å². The molecule has 1 heteroatoms. The van der Waals surface area contributed by atoms with Gasteiger partial charge in [0.05, 0.1) is 0 Å². The Bertz CT molecular complexity index is 59.0. The standard InChI is InChI=1S/C6H11N.C2H6/c1-2-4-6-7-5-3-1;1-2/h1-2,7H,3-6H2;1-2H3. The lowest BCUT2D eigenvalue weighted by molar-refractivity contribution is 0.716. The highest BCUT2D eigenvalue weighted by Gasteiger charge is 1.86. The van der Waals surface area contributed by atoms with Crippen molar-refractivity contribution < 1.29 is 0 Å². The van der Waals surface area contributed by atoms with Gasteiger partial charge >= 0.3 is 0 Å². The van der Waals surface area contributed by atoms with Crippen molar-refractivity contribution in [1.82, 2.24) is 5.32 Å². The molecule has 0 saturated heterocycles. The molecule has 0 aromatic rings. The van der Waals surface area contributed by atoms with Crippen LogP contribution in [0.4, 0.5) is 0 Å². The summed E-state index contributed by atoms with van der Waals surface area (Å²) in [5, 5.41) is 3.28. The van der Waals surface area contributed by atoms with Gasteiger partial charge in [0.25, 0.3) is 0 Å². The Kier molecular flexibility index (Phi) is 7.44. The molecule has 0 aromatic heterocycles. The zero-order chi connectivity index (χ0) is 6.95. The van der Waals surface area contributed by atoms with Gasteiger partial charge in [0.1, 0.15) is 0 Å². The molecular weight excluding hydrogens is 110 g/mol. The van der Waals surface area contributed by atoms with Gasteiger partial charge in [-0.25, -0.2) is 0 Å². The maximum atomic E-state index is 3.28. The first kappa shape index (κ1) is 8.70. The lowest BCUT2D eigenvalue weighted by Crippen LogP contribution is -2.13. The zero-order valence-corrected chi connectivity index (χ0v) is 6.48. The molecule has 0 bridgehead atoms. The van der Waals surface area contributed by atoms with E-state index in [1.807, 2.05) is 13.8 Å². The van der Waals surface area contributed by atoms with Gasteiger partial charge in [-0.3, -0.25) is 0 Å². The van der Waals surface area contributed by atoms with Gasteiger partial charge in [0, 0.05) is 0 Å². The normalized spacial score (nSPS) is 17.6. The highest BCUT2D eigenvalue weighted by Crippen LogP contribution is 1.89. The molecule has 0 amide bonds. The summed E-state index contributed by atoms with van der Waals surface area (Å²) in [6, 6.07) is 0. The van der Waals surface area contributed by atoms with Crippen LogP contribution in [0.25, 0.3) is 0 Å². The highest BCUT2D eigenvalue weighted by atomic mass is 14.8. The van der Waals surface area contributed by atoms with Crippen molar-refractivity contribution in [1.29, 1.82) is 0 Å². The third-order valence-electron chi connectivity index (χ3n) is 1.14. The van der Waals surface area contributed by atoms with Gasteiger partial charge in [-0.05, 0) is 25.9 Å². The first-order valence-corrected chi connectivity index (χ1v) is 3.86. The highest BCUT2D eigenvalue weighted by molar-refractivity contribution is 4.85. The smallest absolute Gasteiger partial charge is 0.00141 e. The molecular formula is C8H17N. The molecule has 0 spiro atoms. The lowest BCUT2D eigenvalue weighted by atomic mass is 10.4. The van der Waals surface area contributed by atoms with E-state index in [9.17, 15) is 0 Å². The third-order valence-corrected chi connectivity index (χ3v) is 1.14. The number of rotatable bonds is 0. The SMILES string of the molecule is C1=CCCNCC1.CC. The van der Waals surface area contributed by atoms with E-state index < -0.39 is 0 Å². The Hall–Kier alpha value is -0.300. The molecule has 1 rings (SSSR count). The van der Waals surface area contributed by atoms with Crippen molar-refractivity contribution in [2.75, 3.05) is 13.1 Å². The average Bonchev–Trinajstić information content (AvgIpc) is 2.21. The summed E-state index contributed by atoms with van der Waals surface area (Å²) in [4.78, 5) is 0. The van der Waals surface area contributed by atoms with Crippen LogP contribution in [-0.2, 0) is 0 Å². The Morgan fingerprint density at radius 1 is 1.00 bits per heavy atom. The second-order valence-electron chi connectivity index (χ2n) is 1.80. The number of hydrogen-bond acceptors (Lipinski definition) is 1. The molecule has 1 nitrogen and oxygen atoms in total. The quantitative estimate of drug-likeness (QED) is 0.490. The zero-order valence-electron chi connectivity index (χ0n) is 6.48. The summed E-state index contributed by atoms with van der Waals surface area (Å²) in [5.41, 5.74) is 0. The molecule has 0 atom stereocenters. The van der Waals surface area contributed by atoms with Crippen LogP contribution in [0.15, 0.2) is 12.2 Å². The fourth-order valence-corrected chi connectivity index (χ4v) is 0.731. The van der Waals surface area contributed by atoms with Crippen molar-refractivity contribution in [2.45, 2.75) is 26.7 Å². The van der Waals surface area contributed by atoms with Crippen LogP contribution in [0.1, 0.15) is 26.7 Å². The Morgan fingerprint density at radius 2 is 1.44 bits per heavy atom. The van der Waals surface area contributed by atoms with Gasteiger partial charge in [0.15, 0.2) is 0 Å². The van der Waals surface area contributed by atoms with Crippen molar-refractivity contribution in [3.05, 3.63) is 12.2 Å². The van der Waals surface area contributed by atoms with E-state index in [1.165, 1.54) is 12.8 Å². The van der Waals surface area contributed by atoms with Crippen LogP contribution >= 0.6 is 0 Å². The molecule has 1 aliphatic heterocycles. The fraction of sp³-hybridized carbons (Fsp3) is 0.750. The molecule has 0 radical (unpaired) electrons. The topological polar surface area (TPSA) is 12.0 Å². The predicted octanol–water partition coefficient (Wildman–Crippen LogP) is 1.95. The Morgan fingerprint density at radius 3 is 1.89 bits per heavy atom. The molecule has 0 aliphatic carbocycles. The summed E-state index contributed by atoms with van der Waals surface area (Å²) in [5.74, 6) is 0. The van der Waals surface area contributed by atoms with Crippen LogP contribution in [0.5, 0.6) is 0 Å². The number of nitrogens with one attached hydrogen (secondary N) is 1. The molecule has 1 heterocycles. The molecule has 0 fully saturated rings. The first-order valence-electron chi connectivity index (χ1n) is 3.86. The van der Waals surface area contributed by atoms with Crippen molar-refractivity contribution in [3.8, 4) is 0 Å². The fourth-order valence-electron chi connectivity index (χ4n) is 0.731. The largest absolute Gasteiger partial charge is 0.316 e. The van der Waals surface area contributed by atoms with Crippen molar-refractivity contribution in [2.24, 2.45) is 0 Å². The van der Waals surface area contributed by atoms with Gasteiger partial charge < -0.3 is 5.32 Å². The monoisotopic (exact) mass is 127 g/mol. The molecule has 9 heavy (non-hydrogen) atoms. The summed E-state index contributed by atoms with van der Waals surface area (Å²) >= 11 is 0. The molecule has 54 valence electrons. The Labute approximate surface area is 58.2 Å². The van der Waals surface area contributed by atoms with Gasteiger partial charge in [0.2, 0.25) is 0 Å². The summed E-state index contributed by atoms with van der Waals surface area (Å²) in [6.45, 7) is 6.33. The molecule has 0 aromatic carbocycles. The maximum absolute atomic E-state index is 3.28. The summed E-state index contributed by atoms with van der Waals surface area (Å²) < 4.78 is 0. The molecule has 0 saturated carbocycles. The van der Waals surface area contributed by atoms with Gasteiger partial charge in [-0.15, -0.1) is 0 Å². The van der Waals surface area contributed by atoms with E-state index in [0.29, 0.717) is 0 Å². The summed E-state index contributed by atoms with van der Waals surface area (Å²) in [6.07, 6.45) is 6.89. The molecule has 0 unspecified atom stereocenters. The minimum Gasteiger partial charge on any atom is -0.316 e. The summed E-state index contributed by atoms with van der Waals surface area (Å²) in [7, 11) is 0. The van der Waals surface area contributed by atoms with Gasteiger partial charge in [-0.1, -0.05) is 26.0 Å². The first-order chi connectivity index (χ1) is 4.50. The van der Waals surface area contributed by atoms with E-state index in [1.54, 1.807) is 0 Å². The van der Waals surface area contributed by atoms with Crippen LogP contribution in [0, 0.1) is 0 Å². The second kappa shape index (κ2) is 7.70. The Balaban J connectivity index is 0.000000291. The molecule has 1 aliphatic rings. The van der Waals surface area contributed by atoms with Crippen molar-refractivity contribution >= 4 is 0 Å². The van der Waals surface area contributed by atoms with Crippen molar-refractivity contribution in [3.63, 3.8) is 0 Å². The lowest BCUT2D eigenvalue weighted by Gasteiger charge is -1.92. The van der Waals surface area contributed by atoms with E-state index in [4.69, 9.17) is 0 Å². The average molecular weight is 127 g/mol. The van der Waals surface area contributed by atoms with Crippen LogP contribution in [0.3, 0.4) is 0 Å². The maximum Gasteiger partial charge on any atom is -0.00141 e. The second-order valence-corrected chi connectivity index (χ2v) is 1.80. The van der Waals surface area contributed by atoms with E-state index >= 15 is 0 Å². The predicted molar refractivity (Wildman–Crippen MR) is 42.6 cm³/mol. The third kappa shape index (κ3) is 5.57. The minimum absolute atomic E-state index is 1.16. The number of hydrogen-bond donors (Lipinski definition) is 1. The van der Waals surface area contributed by atoms with Gasteiger partial charge in [-0.2, -0.15) is 0 Å². The van der Waals surface area contributed by atoms with Crippen LogP contribution in [0.2, 0.25) is 0 Å². The van der Waals surface area contributed by atoms with E-state index in [-0.39, 0.29) is 0 Å². The molecule has 1 N–H and O–H groups in total.